The molecule has 1 aliphatic rings. The molecular formula is C29H41ClN2O6. The Kier molecular flexibility index (Phi) is 11.9. The molecular weight excluding hydrogens is 508 g/mol. The minimum atomic E-state index is -0.428. The Morgan fingerprint density at radius 1 is 1.32 bits per heavy atom. The molecule has 0 spiro atoms. The molecule has 0 aromatic heterocycles. The number of allylic oxidation sites excluding steroid dienone is 4. The van der Waals surface area contributed by atoms with Crippen LogP contribution in [0.25, 0.3) is 0 Å². The van der Waals surface area contributed by atoms with Crippen LogP contribution in [0.2, 0.25) is 5.02 Å². The number of methoxy groups -OCH3 is 1. The number of aliphatic hydroxyl groups is 1. The molecule has 0 amide bonds. The summed E-state index contributed by atoms with van der Waals surface area (Å²) >= 11 is 6.52. The van der Waals surface area contributed by atoms with Gasteiger partial charge in [-0.05, 0) is 56.9 Å². The fourth-order valence-corrected chi connectivity index (χ4v) is 4.98. The number of phenols is 1. The average molecular weight is 549 g/mol. The lowest BCUT2D eigenvalue weighted by Crippen LogP contribution is -2.40. The number of aliphatic imine (C=N–C) groups is 1. The highest BCUT2D eigenvalue weighted by Crippen LogP contribution is 2.45. The first-order valence-corrected chi connectivity index (χ1v) is 13.3. The summed E-state index contributed by atoms with van der Waals surface area (Å²) in [7, 11) is 1.52. The molecule has 1 aromatic rings. The Morgan fingerprint density at radius 2 is 2.03 bits per heavy atom. The first kappa shape index (κ1) is 31.4. The summed E-state index contributed by atoms with van der Waals surface area (Å²) in [5.74, 6) is 0.549. The molecule has 0 aliphatic heterocycles. The number of aliphatic hydroxyl groups excluding tert-OH is 1. The van der Waals surface area contributed by atoms with Gasteiger partial charge in [-0.1, -0.05) is 61.3 Å². The lowest BCUT2D eigenvalue weighted by Gasteiger charge is -2.43. The van der Waals surface area contributed by atoms with Gasteiger partial charge in [0, 0.05) is 23.3 Å². The number of benzene rings is 1. The number of oxime groups is 1. The molecule has 2 N–H and O–H groups in total. The summed E-state index contributed by atoms with van der Waals surface area (Å²) in [6, 6.07) is 0. The van der Waals surface area contributed by atoms with Gasteiger partial charge in [0.05, 0.1) is 24.5 Å². The van der Waals surface area contributed by atoms with E-state index in [0.29, 0.717) is 46.4 Å². The number of phenolic OH excluding ortho intramolecular Hbond substituents is 1. The second-order valence-electron chi connectivity index (χ2n) is 9.84. The van der Waals surface area contributed by atoms with Crippen LogP contribution in [0.4, 0.5) is 0 Å². The summed E-state index contributed by atoms with van der Waals surface area (Å²) in [5.41, 5.74) is 3.41. The normalized spacial score (nSPS) is 23.4. The van der Waals surface area contributed by atoms with Crippen LogP contribution in [0.5, 0.6) is 11.5 Å². The average Bonchev–Trinajstić information content (AvgIpc) is 2.89. The first-order chi connectivity index (χ1) is 18.0. The third-order valence-electron chi connectivity index (χ3n) is 7.59. The highest BCUT2D eigenvalue weighted by Gasteiger charge is 2.41. The van der Waals surface area contributed by atoms with Gasteiger partial charge in [0.15, 0.2) is 0 Å². The number of carbonyl (C=O) groups is 1. The third-order valence-corrected chi connectivity index (χ3v) is 8.04. The number of carbonyl (C=O) groups excluding carboxylic acids is 1. The van der Waals surface area contributed by atoms with Crippen LogP contribution < -0.4 is 4.74 Å². The van der Waals surface area contributed by atoms with Crippen LogP contribution in [-0.4, -0.2) is 55.2 Å². The number of nitrogens with zero attached hydrogens (tertiary/aromatic N) is 2. The summed E-state index contributed by atoms with van der Waals surface area (Å²) in [4.78, 5) is 20.7. The number of hydrogen-bond donors (Lipinski definition) is 2. The van der Waals surface area contributed by atoms with E-state index in [-0.39, 0.29) is 30.4 Å². The molecule has 8 nitrogen and oxygen atoms in total. The van der Waals surface area contributed by atoms with E-state index in [1.54, 1.807) is 13.8 Å². The number of ether oxygens (including phenoxy) is 2. The molecule has 3 atom stereocenters. The van der Waals surface area contributed by atoms with Gasteiger partial charge in [-0.15, -0.1) is 0 Å². The fourth-order valence-electron chi connectivity index (χ4n) is 4.68. The van der Waals surface area contributed by atoms with E-state index >= 15 is 0 Å². The maximum Gasteiger partial charge on any atom is 0.347 e. The topological polar surface area (TPSA) is 110 Å². The van der Waals surface area contributed by atoms with Crippen molar-refractivity contribution in [3.8, 4) is 11.5 Å². The monoisotopic (exact) mass is 548 g/mol. The second kappa shape index (κ2) is 14.4. The lowest BCUT2D eigenvalue weighted by molar-refractivity contribution is -0.148. The summed E-state index contributed by atoms with van der Waals surface area (Å²) < 4.78 is 10.4. The van der Waals surface area contributed by atoms with Crippen LogP contribution in [0.15, 0.2) is 33.9 Å². The zero-order valence-electron chi connectivity index (χ0n) is 23.5. The maximum absolute atomic E-state index is 11.6. The molecule has 9 heteroatoms. The Balaban J connectivity index is 2.27. The SMILES string of the molecule is CCOC(=O)CO/N=C1\CC[C@@H](C)[C@](C)(/C=C/C(C)=C/Cc2c(O)c(C=NCO)c(C)c(Cl)c2OC)[C@H]1C. The van der Waals surface area contributed by atoms with E-state index in [1.165, 1.54) is 13.3 Å². The number of rotatable bonds is 11. The molecule has 0 heterocycles. The van der Waals surface area contributed by atoms with Crippen molar-refractivity contribution in [3.63, 3.8) is 0 Å². The minimum Gasteiger partial charge on any atom is -0.507 e. The van der Waals surface area contributed by atoms with Crippen LogP contribution in [0.1, 0.15) is 64.2 Å². The second-order valence-corrected chi connectivity index (χ2v) is 10.2. The molecule has 0 radical (unpaired) electrons. The van der Waals surface area contributed by atoms with Crippen molar-refractivity contribution in [3.05, 3.63) is 45.5 Å². The quantitative estimate of drug-likeness (QED) is 0.157. The molecule has 1 fully saturated rings. The van der Waals surface area contributed by atoms with E-state index in [9.17, 15) is 9.90 Å². The molecule has 1 aromatic carbocycles. The van der Waals surface area contributed by atoms with Crippen LogP contribution >= 0.6 is 11.6 Å². The van der Waals surface area contributed by atoms with Gasteiger partial charge < -0.3 is 24.5 Å². The van der Waals surface area contributed by atoms with Gasteiger partial charge in [-0.3, -0.25) is 4.99 Å². The largest absolute Gasteiger partial charge is 0.507 e. The van der Waals surface area contributed by atoms with E-state index in [1.807, 2.05) is 13.0 Å². The molecule has 0 saturated heterocycles. The number of halogens is 1. The molecule has 1 aliphatic carbocycles. The summed E-state index contributed by atoms with van der Waals surface area (Å²) in [6.45, 7) is 11.8. The zero-order valence-corrected chi connectivity index (χ0v) is 24.3. The van der Waals surface area contributed by atoms with Crippen molar-refractivity contribution in [2.75, 3.05) is 27.1 Å². The van der Waals surface area contributed by atoms with Crippen molar-refractivity contribution in [1.82, 2.24) is 0 Å². The van der Waals surface area contributed by atoms with Crippen LogP contribution in [-0.2, 0) is 20.8 Å². The van der Waals surface area contributed by atoms with Crippen molar-refractivity contribution in [1.29, 1.82) is 0 Å². The smallest absolute Gasteiger partial charge is 0.347 e. The van der Waals surface area contributed by atoms with E-state index < -0.39 is 5.97 Å². The molecule has 0 bridgehead atoms. The number of aromatic hydroxyl groups is 1. The van der Waals surface area contributed by atoms with Gasteiger partial charge in [0.2, 0.25) is 6.61 Å². The van der Waals surface area contributed by atoms with E-state index in [4.69, 9.17) is 31.0 Å². The Bertz CT molecular complexity index is 1110. The predicted octanol–water partition coefficient (Wildman–Crippen LogP) is 5.78. The van der Waals surface area contributed by atoms with Crippen molar-refractivity contribution >= 4 is 29.5 Å². The highest BCUT2D eigenvalue weighted by atomic mass is 35.5. The van der Waals surface area contributed by atoms with Gasteiger partial charge in [0.1, 0.15) is 18.2 Å². The first-order valence-electron chi connectivity index (χ1n) is 12.9. The predicted molar refractivity (Wildman–Crippen MR) is 151 cm³/mol. The standard InChI is InChI=1S/C29H41ClN2O6/c1-8-37-25(34)16-38-32-24-12-10-19(3)29(6,21(24)5)14-13-18(2)9-11-22-27(35)23(15-31-17-33)20(4)26(30)28(22)36-7/h9,13-15,19,21,33,35H,8,10-12,16-17H2,1-7H3/b14-13+,18-9+,31-15?,32-24+/t19-,21+,29+/m1/s1. The number of hydrogen-bond acceptors (Lipinski definition) is 8. The van der Waals surface area contributed by atoms with Crippen LogP contribution in [0.3, 0.4) is 0 Å². The molecule has 2 rings (SSSR count). The Hall–Kier alpha value is -2.84. The molecule has 0 unspecified atom stereocenters. The van der Waals surface area contributed by atoms with Gasteiger partial charge in [-0.25, -0.2) is 4.79 Å². The molecule has 210 valence electrons. The van der Waals surface area contributed by atoms with Gasteiger partial charge >= 0.3 is 5.97 Å². The van der Waals surface area contributed by atoms with E-state index in [0.717, 1.165) is 24.1 Å². The third kappa shape index (κ3) is 7.38. The highest BCUT2D eigenvalue weighted by molar-refractivity contribution is 6.33. The van der Waals surface area contributed by atoms with Crippen molar-refractivity contribution < 1.29 is 29.3 Å². The van der Waals surface area contributed by atoms with Gasteiger partial charge in [-0.2, -0.15) is 0 Å². The number of esters is 1. The molecule has 1 saturated carbocycles. The van der Waals surface area contributed by atoms with E-state index in [2.05, 4.69) is 43.1 Å². The Morgan fingerprint density at radius 3 is 2.66 bits per heavy atom. The van der Waals surface area contributed by atoms with Crippen LogP contribution in [0, 0.1) is 24.2 Å². The zero-order chi connectivity index (χ0) is 28.5. The lowest BCUT2D eigenvalue weighted by atomic mass is 9.61. The Labute approximate surface area is 231 Å². The van der Waals surface area contributed by atoms with Gasteiger partial charge in [0.25, 0.3) is 0 Å². The summed E-state index contributed by atoms with van der Waals surface area (Å²) in [6.07, 6.45) is 9.89. The summed E-state index contributed by atoms with van der Waals surface area (Å²) in [5, 5.41) is 24.7. The van der Waals surface area contributed by atoms with Crippen molar-refractivity contribution in [2.24, 2.45) is 27.4 Å². The van der Waals surface area contributed by atoms with Crippen molar-refractivity contribution in [2.45, 2.75) is 60.8 Å². The fraction of sp³-hybridized carbons (Fsp3) is 0.552. The maximum atomic E-state index is 11.6. The molecule has 38 heavy (non-hydrogen) atoms. The minimum absolute atomic E-state index is 0.0270.